The second kappa shape index (κ2) is 8.73. The first-order valence-corrected chi connectivity index (χ1v) is 10.2. The van der Waals surface area contributed by atoms with Crippen molar-refractivity contribution in [3.05, 3.63) is 60.2 Å². The highest BCUT2D eigenvalue weighted by atomic mass is 32.2. The van der Waals surface area contributed by atoms with Gasteiger partial charge in [-0.25, -0.2) is 4.39 Å². The molecule has 0 fully saturated rings. The molecule has 2 aromatic rings. The fourth-order valence-corrected chi connectivity index (χ4v) is 4.69. The van der Waals surface area contributed by atoms with Crippen LogP contribution in [0.5, 0.6) is 0 Å². The van der Waals surface area contributed by atoms with Crippen molar-refractivity contribution in [3.63, 3.8) is 0 Å². The zero-order valence-corrected chi connectivity index (χ0v) is 17.2. The van der Waals surface area contributed by atoms with Gasteiger partial charge in [0.1, 0.15) is 16.7 Å². The van der Waals surface area contributed by atoms with Crippen molar-refractivity contribution in [2.24, 2.45) is 21.6 Å². The van der Waals surface area contributed by atoms with Crippen molar-refractivity contribution < 1.29 is 4.39 Å². The molecule has 0 bridgehead atoms. The fourth-order valence-electron chi connectivity index (χ4n) is 3.22. The Labute approximate surface area is 170 Å². The number of aromatic nitrogens is 1. The van der Waals surface area contributed by atoms with Gasteiger partial charge in [0.2, 0.25) is 0 Å². The number of aliphatic imine (C=N–C) groups is 2. The zero-order chi connectivity index (χ0) is 20.1. The van der Waals surface area contributed by atoms with Gasteiger partial charge in [-0.2, -0.15) is 0 Å². The fraction of sp³-hybridized carbons (Fsp3) is 0.381. The van der Waals surface area contributed by atoms with Gasteiger partial charge in [0, 0.05) is 11.1 Å². The number of hydrogen-bond acceptors (Lipinski definition) is 5. The van der Waals surface area contributed by atoms with Gasteiger partial charge in [-0.1, -0.05) is 37.7 Å². The zero-order valence-electron chi connectivity index (χ0n) is 16.4. The average molecular weight is 400 g/mol. The Bertz CT molecular complexity index is 851. The lowest BCUT2D eigenvalue weighted by Gasteiger charge is -2.38. The first kappa shape index (κ1) is 20.3. The van der Waals surface area contributed by atoms with Gasteiger partial charge >= 0.3 is 0 Å². The molecule has 1 aliphatic rings. The molecule has 0 spiro atoms. The molecule has 1 aliphatic heterocycles. The predicted molar refractivity (Wildman–Crippen MR) is 114 cm³/mol. The molecule has 148 valence electrons. The summed E-state index contributed by atoms with van der Waals surface area (Å²) in [5.74, 6) is 0.505. The molecule has 2 atom stereocenters. The Morgan fingerprint density at radius 1 is 1.32 bits per heavy atom. The Kier molecular flexibility index (Phi) is 6.34. The molecule has 0 aliphatic carbocycles. The van der Waals surface area contributed by atoms with Crippen LogP contribution in [-0.2, 0) is 6.54 Å². The number of benzene rings is 1. The first-order chi connectivity index (χ1) is 13.4. The van der Waals surface area contributed by atoms with Crippen molar-refractivity contribution in [2.45, 2.75) is 43.1 Å². The molecule has 1 aromatic heterocycles. The van der Waals surface area contributed by atoms with E-state index in [9.17, 15) is 4.39 Å². The lowest BCUT2D eigenvalue weighted by molar-refractivity contribution is 0.248. The van der Waals surface area contributed by atoms with Gasteiger partial charge in [0.05, 0.1) is 31.0 Å². The Morgan fingerprint density at radius 2 is 2.14 bits per heavy atom. The van der Waals surface area contributed by atoms with Crippen LogP contribution in [0.4, 0.5) is 4.39 Å². The first-order valence-electron chi connectivity index (χ1n) is 9.30. The highest BCUT2D eigenvalue weighted by Gasteiger charge is 2.48. The number of rotatable bonds is 7. The molecular weight excluding hydrogens is 373 g/mol. The number of hydrogen-bond donors (Lipinski definition) is 1. The summed E-state index contributed by atoms with van der Waals surface area (Å²) in [4.78, 5) is 16.9. The summed E-state index contributed by atoms with van der Waals surface area (Å²) in [7, 11) is 0. The summed E-state index contributed by atoms with van der Waals surface area (Å²) in [6.45, 7) is 7.17. The molecule has 1 aromatic carbocycles. The van der Waals surface area contributed by atoms with Crippen LogP contribution in [0.25, 0.3) is 0 Å². The van der Waals surface area contributed by atoms with E-state index >= 15 is 0 Å². The lowest BCUT2D eigenvalue weighted by Crippen LogP contribution is -2.49. The molecular formula is C21H26FN5S. The molecule has 2 heterocycles. The molecule has 0 saturated carbocycles. The van der Waals surface area contributed by atoms with Crippen molar-refractivity contribution in [3.8, 4) is 0 Å². The normalized spacial score (nSPS) is 22.2. The van der Waals surface area contributed by atoms with E-state index in [4.69, 9.17) is 10.7 Å². The Balaban J connectivity index is 1.95. The third-order valence-electron chi connectivity index (χ3n) is 4.87. The number of nitrogens with two attached hydrogens (primary N) is 1. The van der Waals surface area contributed by atoms with Gasteiger partial charge < -0.3 is 10.6 Å². The van der Waals surface area contributed by atoms with E-state index in [1.807, 2.05) is 30.6 Å². The van der Waals surface area contributed by atoms with Crippen LogP contribution in [0.2, 0.25) is 0 Å². The molecule has 0 saturated heterocycles. The van der Waals surface area contributed by atoms with Crippen LogP contribution < -0.4 is 5.73 Å². The van der Waals surface area contributed by atoms with Gasteiger partial charge in [-0.05, 0) is 43.2 Å². The summed E-state index contributed by atoms with van der Waals surface area (Å²) in [5.41, 5.74) is 6.31. The molecule has 2 N–H and O–H groups in total. The quantitative estimate of drug-likeness (QED) is 0.565. The third-order valence-corrected chi connectivity index (χ3v) is 6.30. The molecule has 2 unspecified atom stereocenters. The highest BCUT2D eigenvalue weighted by molar-refractivity contribution is 8.00. The molecule has 28 heavy (non-hydrogen) atoms. The highest BCUT2D eigenvalue weighted by Crippen LogP contribution is 2.43. The van der Waals surface area contributed by atoms with Crippen molar-refractivity contribution in [1.29, 1.82) is 0 Å². The summed E-state index contributed by atoms with van der Waals surface area (Å²) < 4.78 is 13.8. The van der Waals surface area contributed by atoms with Crippen molar-refractivity contribution >= 4 is 23.9 Å². The maximum Gasteiger partial charge on any atom is 0.124 e. The monoisotopic (exact) mass is 399 g/mol. The maximum absolute atomic E-state index is 13.8. The number of thioether (sulfide) groups is 1. The third kappa shape index (κ3) is 4.52. The number of halogens is 1. The van der Waals surface area contributed by atoms with Gasteiger partial charge in [-0.15, -0.1) is 0 Å². The number of nitrogens with zero attached hydrogens (tertiary/aromatic N) is 4. The largest absolute Gasteiger partial charge is 0.388 e. The minimum atomic E-state index is -0.466. The number of pyridine rings is 1. The average Bonchev–Trinajstić information content (AvgIpc) is 2.99. The van der Waals surface area contributed by atoms with Crippen LogP contribution in [0, 0.1) is 11.7 Å². The SMILES string of the molecule is CC(N)=NCC1(C(C)C)N=CN(Cc2ccccn2)C1Sc1cccc(F)c1. The molecule has 3 rings (SSSR count). The smallest absolute Gasteiger partial charge is 0.124 e. The van der Waals surface area contributed by atoms with E-state index in [2.05, 4.69) is 28.7 Å². The summed E-state index contributed by atoms with van der Waals surface area (Å²) >= 11 is 1.60. The van der Waals surface area contributed by atoms with Gasteiger partial charge in [0.15, 0.2) is 0 Å². The van der Waals surface area contributed by atoms with Crippen molar-refractivity contribution in [2.75, 3.05) is 6.54 Å². The minimum absolute atomic E-state index is 0.0561. The molecule has 0 amide bonds. The van der Waals surface area contributed by atoms with Crippen LogP contribution in [-0.4, -0.2) is 39.5 Å². The van der Waals surface area contributed by atoms with Crippen LogP contribution >= 0.6 is 11.8 Å². The van der Waals surface area contributed by atoms with E-state index in [1.54, 1.807) is 37.0 Å². The maximum atomic E-state index is 13.8. The molecule has 7 heteroatoms. The minimum Gasteiger partial charge on any atom is -0.388 e. The Hall–Kier alpha value is -2.41. The standard InChI is InChI=1S/C21H26FN5S/c1-15(2)21(13-25-16(3)23)20(28-19-9-6-7-17(22)11-19)27(14-26-21)12-18-8-4-5-10-24-18/h4-11,14-15,20H,12-13H2,1-3H3,(H2,23,25). The second-order valence-corrected chi connectivity index (χ2v) is 8.42. The van der Waals surface area contributed by atoms with Crippen LogP contribution in [0.1, 0.15) is 26.5 Å². The Morgan fingerprint density at radius 3 is 2.79 bits per heavy atom. The summed E-state index contributed by atoms with van der Waals surface area (Å²) in [6, 6.07) is 12.5. The van der Waals surface area contributed by atoms with E-state index in [1.165, 1.54) is 6.07 Å². The molecule has 5 nitrogen and oxygen atoms in total. The summed E-state index contributed by atoms with van der Waals surface area (Å²) in [6.07, 6.45) is 3.67. The van der Waals surface area contributed by atoms with E-state index in [-0.39, 0.29) is 17.1 Å². The predicted octanol–water partition coefficient (Wildman–Crippen LogP) is 3.95. The van der Waals surface area contributed by atoms with Crippen molar-refractivity contribution in [1.82, 2.24) is 9.88 Å². The van der Waals surface area contributed by atoms with E-state index in [0.29, 0.717) is 18.9 Å². The van der Waals surface area contributed by atoms with Gasteiger partial charge in [-0.3, -0.25) is 15.0 Å². The van der Waals surface area contributed by atoms with Crippen LogP contribution in [0.15, 0.2) is 63.5 Å². The lowest BCUT2D eigenvalue weighted by atomic mass is 9.87. The second-order valence-electron chi connectivity index (χ2n) is 7.27. The van der Waals surface area contributed by atoms with Gasteiger partial charge in [0.25, 0.3) is 0 Å². The summed E-state index contributed by atoms with van der Waals surface area (Å²) in [5, 5.41) is -0.0561. The van der Waals surface area contributed by atoms with E-state index in [0.717, 1.165) is 10.6 Å². The molecule has 0 radical (unpaired) electrons. The van der Waals surface area contributed by atoms with E-state index < -0.39 is 5.54 Å². The topological polar surface area (TPSA) is 66.9 Å². The number of amidine groups is 1. The van der Waals surface area contributed by atoms with Crippen LogP contribution in [0.3, 0.4) is 0 Å².